The molecule has 0 bridgehead atoms. The van der Waals surface area contributed by atoms with Crippen molar-refractivity contribution in [1.29, 1.82) is 0 Å². The van der Waals surface area contributed by atoms with Gasteiger partial charge in [0, 0.05) is 23.5 Å². The van der Waals surface area contributed by atoms with Gasteiger partial charge >= 0.3 is 5.97 Å². The first-order valence-corrected chi connectivity index (χ1v) is 9.23. The standard InChI is InChI=1S/C23H24N2O3/c1-23(2,22(27)28)17-8-10-19(11-9-17)25-21(26)15-13-18-12-14-20(24-18)16-6-4-3-5-7-16/h3-12,14,24H,13,15H2,1-2H3,(H,25,26)(H,27,28). The molecule has 5 heteroatoms. The number of aryl methyl sites for hydroxylation is 1. The molecule has 3 rings (SSSR count). The molecule has 1 amide bonds. The van der Waals surface area contributed by atoms with Crippen molar-refractivity contribution in [1.82, 2.24) is 4.98 Å². The van der Waals surface area contributed by atoms with Gasteiger partial charge < -0.3 is 15.4 Å². The number of rotatable bonds is 7. The smallest absolute Gasteiger partial charge is 0.313 e. The zero-order chi connectivity index (χ0) is 20.1. The summed E-state index contributed by atoms with van der Waals surface area (Å²) in [6.45, 7) is 3.31. The molecule has 1 aromatic heterocycles. The lowest BCUT2D eigenvalue weighted by Crippen LogP contribution is -2.28. The highest BCUT2D eigenvalue weighted by atomic mass is 16.4. The molecule has 0 aliphatic rings. The Bertz CT molecular complexity index is 957. The van der Waals surface area contributed by atoms with E-state index in [0.717, 1.165) is 17.0 Å². The van der Waals surface area contributed by atoms with Crippen molar-refractivity contribution in [3.05, 3.63) is 78.0 Å². The lowest BCUT2D eigenvalue weighted by Gasteiger charge is -2.19. The van der Waals surface area contributed by atoms with E-state index in [9.17, 15) is 14.7 Å². The zero-order valence-corrected chi connectivity index (χ0v) is 16.0. The quantitative estimate of drug-likeness (QED) is 0.563. The van der Waals surface area contributed by atoms with E-state index in [0.29, 0.717) is 24.1 Å². The highest BCUT2D eigenvalue weighted by molar-refractivity contribution is 5.91. The predicted molar refractivity (Wildman–Crippen MR) is 110 cm³/mol. The van der Waals surface area contributed by atoms with Gasteiger partial charge in [-0.25, -0.2) is 0 Å². The number of carboxylic acid groups (broad SMARTS) is 1. The van der Waals surface area contributed by atoms with Crippen LogP contribution in [0.15, 0.2) is 66.7 Å². The van der Waals surface area contributed by atoms with Crippen molar-refractivity contribution in [2.45, 2.75) is 32.1 Å². The molecule has 0 fully saturated rings. The van der Waals surface area contributed by atoms with Crippen LogP contribution in [0.1, 0.15) is 31.5 Å². The van der Waals surface area contributed by atoms with E-state index < -0.39 is 11.4 Å². The minimum absolute atomic E-state index is 0.0823. The van der Waals surface area contributed by atoms with Gasteiger partial charge in [-0.1, -0.05) is 42.5 Å². The first-order valence-electron chi connectivity index (χ1n) is 9.23. The Hall–Kier alpha value is -3.34. The Morgan fingerprint density at radius 2 is 1.64 bits per heavy atom. The van der Waals surface area contributed by atoms with Crippen LogP contribution >= 0.6 is 0 Å². The number of hydrogen-bond acceptors (Lipinski definition) is 2. The normalized spacial score (nSPS) is 11.2. The molecule has 0 saturated heterocycles. The molecule has 3 aromatic rings. The van der Waals surface area contributed by atoms with Crippen LogP contribution in [0.25, 0.3) is 11.3 Å². The molecule has 0 atom stereocenters. The first kappa shape index (κ1) is 19.4. The summed E-state index contributed by atoms with van der Waals surface area (Å²) in [4.78, 5) is 26.9. The zero-order valence-electron chi connectivity index (χ0n) is 16.0. The monoisotopic (exact) mass is 376 g/mol. The molecule has 0 spiro atoms. The van der Waals surface area contributed by atoms with E-state index in [2.05, 4.69) is 10.3 Å². The van der Waals surface area contributed by atoms with Crippen LogP contribution in [-0.4, -0.2) is 22.0 Å². The summed E-state index contributed by atoms with van der Waals surface area (Å²) in [6, 6.07) is 21.0. The van der Waals surface area contributed by atoms with Crippen LogP contribution in [0, 0.1) is 0 Å². The highest BCUT2D eigenvalue weighted by Gasteiger charge is 2.29. The average molecular weight is 376 g/mol. The third kappa shape index (κ3) is 4.49. The van der Waals surface area contributed by atoms with Gasteiger partial charge in [-0.3, -0.25) is 9.59 Å². The van der Waals surface area contributed by atoms with Gasteiger partial charge in [-0.2, -0.15) is 0 Å². The summed E-state index contributed by atoms with van der Waals surface area (Å²) in [7, 11) is 0. The van der Waals surface area contributed by atoms with Gasteiger partial charge in [0.15, 0.2) is 0 Å². The van der Waals surface area contributed by atoms with Gasteiger partial charge in [0.1, 0.15) is 0 Å². The number of nitrogens with one attached hydrogen (secondary N) is 2. The summed E-state index contributed by atoms with van der Waals surface area (Å²) in [5.41, 5.74) is 3.54. The molecule has 0 aliphatic heterocycles. The van der Waals surface area contributed by atoms with E-state index in [1.54, 1.807) is 38.1 Å². The van der Waals surface area contributed by atoms with Crippen LogP contribution in [-0.2, 0) is 21.4 Å². The number of carbonyl (C=O) groups is 2. The molecule has 0 aliphatic carbocycles. The third-order valence-electron chi connectivity index (χ3n) is 4.88. The largest absolute Gasteiger partial charge is 0.481 e. The fraction of sp³-hybridized carbons (Fsp3) is 0.217. The summed E-state index contributed by atoms with van der Waals surface area (Å²) in [5, 5.41) is 12.1. The van der Waals surface area contributed by atoms with Gasteiger partial charge in [-0.15, -0.1) is 0 Å². The second-order valence-corrected chi connectivity index (χ2v) is 7.32. The van der Waals surface area contributed by atoms with Crippen LogP contribution < -0.4 is 5.32 Å². The Morgan fingerprint density at radius 3 is 2.29 bits per heavy atom. The van der Waals surface area contributed by atoms with Crippen molar-refractivity contribution >= 4 is 17.6 Å². The summed E-state index contributed by atoms with van der Waals surface area (Å²) in [6.07, 6.45) is 0.972. The molecule has 0 unspecified atom stereocenters. The maximum atomic E-state index is 12.2. The molecular weight excluding hydrogens is 352 g/mol. The fourth-order valence-corrected chi connectivity index (χ4v) is 2.94. The number of aliphatic carboxylic acids is 1. The van der Waals surface area contributed by atoms with E-state index in [1.807, 2.05) is 42.5 Å². The minimum Gasteiger partial charge on any atom is -0.481 e. The summed E-state index contributed by atoms with van der Waals surface area (Å²) >= 11 is 0. The van der Waals surface area contributed by atoms with E-state index in [1.165, 1.54) is 0 Å². The summed E-state index contributed by atoms with van der Waals surface area (Å²) in [5.74, 6) is -0.966. The van der Waals surface area contributed by atoms with Crippen LogP contribution in [0.4, 0.5) is 5.69 Å². The van der Waals surface area contributed by atoms with Crippen LogP contribution in [0.2, 0.25) is 0 Å². The second kappa shape index (κ2) is 8.13. The van der Waals surface area contributed by atoms with Crippen molar-refractivity contribution in [2.75, 3.05) is 5.32 Å². The Balaban J connectivity index is 1.55. The fourth-order valence-electron chi connectivity index (χ4n) is 2.94. The number of anilines is 1. The Labute approximate surface area is 164 Å². The number of amides is 1. The highest BCUT2D eigenvalue weighted by Crippen LogP contribution is 2.25. The van der Waals surface area contributed by atoms with E-state index >= 15 is 0 Å². The van der Waals surface area contributed by atoms with Crippen molar-refractivity contribution in [3.8, 4) is 11.3 Å². The number of H-pyrrole nitrogens is 1. The lowest BCUT2D eigenvalue weighted by molar-refractivity contribution is -0.142. The SMILES string of the molecule is CC(C)(C(=O)O)c1ccc(NC(=O)CCc2ccc(-c3ccccc3)[nH]2)cc1. The Kier molecular flexibility index (Phi) is 5.64. The molecule has 3 N–H and O–H groups in total. The number of carboxylic acids is 1. The number of aromatic amines is 1. The predicted octanol–water partition coefficient (Wildman–Crippen LogP) is 4.62. The molecule has 144 valence electrons. The molecule has 5 nitrogen and oxygen atoms in total. The van der Waals surface area contributed by atoms with E-state index in [4.69, 9.17) is 0 Å². The molecule has 0 radical (unpaired) electrons. The topological polar surface area (TPSA) is 82.2 Å². The van der Waals surface area contributed by atoms with Crippen LogP contribution in [0.3, 0.4) is 0 Å². The van der Waals surface area contributed by atoms with Gasteiger partial charge in [0.2, 0.25) is 5.91 Å². The van der Waals surface area contributed by atoms with Crippen molar-refractivity contribution in [3.63, 3.8) is 0 Å². The number of carbonyl (C=O) groups excluding carboxylic acids is 1. The number of aromatic nitrogens is 1. The van der Waals surface area contributed by atoms with Gasteiger partial charge in [0.05, 0.1) is 5.41 Å². The molecule has 2 aromatic carbocycles. The number of hydrogen-bond donors (Lipinski definition) is 3. The average Bonchev–Trinajstić information content (AvgIpc) is 3.16. The van der Waals surface area contributed by atoms with Gasteiger partial charge in [-0.05, 0) is 55.7 Å². The first-order chi connectivity index (χ1) is 13.4. The van der Waals surface area contributed by atoms with Crippen molar-refractivity contribution < 1.29 is 14.7 Å². The van der Waals surface area contributed by atoms with E-state index in [-0.39, 0.29) is 5.91 Å². The minimum atomic E-state index is -0.966. The molecule has 28 heavy (non-hydrogen) atoms. The maximum absolute atomic E-state index is 12.2. The van der Waals surface area contributed by atoms with Crippen molar-refractivity contribution in [2.24, 2.45) is 0 Å². The maximum Gasteiger partial charge on any atom is 0.313 e. The third-order valence-corrected chi connectivity index (χ3v) is 4.88. The molecular formula is C23H24N2O3. The van der Waals surface area contributed by atoms with Crippen LogP contribution in [0.5, 0.6) is 0 Å². The molecule has 0 saturated carbocycles. The summed E-state index contributed by atoms with van der Waals surface area (Å²) < 4.78 is 0. The second-order valence-electron chi connectivity index (χ2n) is 7.32. The molecule has 1 heterocycles. The number of benzene rings is 2. The lowest BCUT2D eigenvalue weighted by atomic mass is 9.85. The Morgan fingerprint density at radius 1 is 0.964 bits per heavy atom. The van der Waals surface area contributed by atoms with Gasteiger partial charge in [0.25, 0.3) is 0 Å².